The molecule has 2 atom stereocenters. The number of anilines is 1. The summed E-state index contributed by atoms with van der Waals surface area (Å²) in [5, 5.41) is 4.82. The van der Waals surface area contributed by atoms with Crippen LogP contribution in [0.4, 0.5) is 5.69 Å². The van der Waals surface area contributed by atoms with Gasteiger partial charge in [0.25, 0.3) is 0 Å². The minimum atomic E-state index is -0.205. The Morgan fingerprint density at radius 2 is 1.88 bits per heavy atom. The first kappa shape index (κ1) is 13.4. The number of hydrogen-bond donors (Lipinski definition) is 2. The maximum absolute atomic E-state index is 12.2. The van der Waals surface area contributed by atoms with Gasteiger partial charge in [0.15, 0.2) is 0 Å². The molecule has 5 rings (SSSR count). The second-order valence-corrected chi connectivity index (χ2v) is 6.30. The van der Waals surface area contributed by atoms with E-state index in [4.69, 9.17) is 4.74 Å². The molecule has 0 saturated carbocycles. The first-order valence-electron chi connectivity index (χ1n) is 8.11. The highest BCUT2D eigenvalue weighted by Gasteiger charge is 2.39. The predicted molar refractivity (Wildman–Crippen MR) is 93.5 cm³/mol. The molecule has 0 bridgehead atoms. The molecular weight excluding hydrogens is 300 g/mol. The zero-order valence-electron chi connectivity index (χ0n) is 13.0. The normalized spacial score (nSPS) is 22.2. The van der Waals surface area contributed by atoms with Crippen LogP contribution >= 0.6 is 0 Å². The molecule has 2 unspecified atom stereocenters. The number of para-hydroxylation sites is 2. The largest absolute Gasteiger partial charge is 0.462 e. The number of fused-ring (bicyclic) bond motifs is 3. The lowest BCUT2D eigenvalue weighted by Crippen LogP contribution is -2.21. The fraction of sp³-hybridized carbons (Fsp3) is 0.150. The fourth-order valence-electron chi connectivity index (χ4n) is 3.77. The number of aromatic amines is 1. The summed E-state index contributed by atoms with van der Waals surface area (Å²) in [5.41, 5.74) is 5.09. The van der Waals surface area contributed by atoms with Gasteiger partial charge in [-0.3, -0.25) is 0 Å². The summed E-state index contributed by atoms with van der Waals surface area (Å²) in [6.07, 6.45) is 4.01. The van der Waals surface area contributed by atoms with Gasteiger partial charge in [0.05, 0.1) is 6.04 Å². The van der Waals surface area contributed by atoms with Crippen LogP contribution in [0.3, 0.4) is 0 Å². The Hall–Kier alpha value is -3.01. The molecule has 1 saturated heterocycles. The van der Waals surface area contributed by atoms with Crippen molar-refractivity contribution in [3.8, 4) is 0 Å². The van der Waals surface area contributed by atoms with Crippen LogP contribution in [0.5, 0.6) is 0 Å². The average Bonchev–Trinajstić information content (AvgIpc) is 3.14. The molecule has 2 aliphatic heterocycles. The van der Waals surface area contributed by atoms with Gasteiger partial charge in [-0.05, 0) is 23.8 Å². The van der Waals surface area contributed by atoms with Crippen molar-refractivity contribution >= 4 is 28.6 Å². The van der Waals surface area contributed by atoms with E-state index in [0.717, 1.165) is 27.9 Å². The molecule has 3 aromatic rings. The van der Waals surface area contributed by atoms with Gasteiger partial charge < -0.3 is 15.0 Å². The second-order valence-electron chi connectivity index (χ2n) is 6.30. The van der Waals surface area contributed by atoms with Gasteiger partial charge in [-0.2, -0.15) is 0 Å². The van der Waals surface area contributed by atoms with Crippen LogP contribution in [0, 0.1) is 5.92 Å². The number of carbonyl (C=O) groups is 1. The topological polar surface area (TPSA) is 54.1 Å². The molecule has 4 nitrogen and oxygen atoms in total. The Morgan fingerprint density at radius 3 is 2.83 bits per heavy atom. The Labute approximate surface area is 139 Å². The van der Waals surface area contributed by atoms with Crippen molar-refractivity contribution in [2.75, 3.05) is 11.9 Å². The van der Waals surface area contributed by atoms with Crippen LogP contribution in [0.2, 0.25) is 0 Å². The molecule has 0 amide bonds. The van der Waals surface area contributed by atoms with E-state index in [9.17, 15) is 4.79 Å². The Kier molecular flexibility index (Phi) is 2.80. The quantitative estimate of drug-likeness (QED) is 0.670. The maximum atomic E-state index is 12.2. The van der Waals surface area contributed by atoms with Crippen LogP contribution in [-0.4, -0.2) is 17.6 Å². The lowest BCUT2D eigenvalue weighted by molar-refractivity contribution is -0.135. The lowest BCUT2D eigenvalue weighted by atomic mass is 9.89. The number of hydrogen-bond acceptors (Lipinski definition) is 3. The van der Waals surface area contributed by atoms with Crippen LogP contribution in [0.1, 0.15) is 17.2 Å². The van der Waals surface area contributed by atoms with E-state index in [2.05, 4.69) is 28.5 Å². The van der Waals surface area contributed by atoms with Crippen LogP contribution in [0.25, 0.3) is 17.0 Å². The Bertz CT molecular complexity index is 986. The van der Waals surface area contributed by atoms with Gasteiger partial charge in [0.1, 0.15) is 6.61 Å². The monoisotopic (exact) mass is 316 g/mol. The Balaban J connectivity index is 1.71. The third-order valence-corrected chi connectivity index (χ3v) is 4.97. The summed E-state index contributed by atoms with van der Waals surface area (Å²) in [6, 6.07) is 16.3. The number of nitrogens with one attached hydrogen (secondary N) is 2. The minimum Gasteiger partial charge on any atom is -0.462 e. The van der Waals surface area contributed by atoms with Gasteiger partial charge in [0.2, 0.25) is 0 Å². The van der Waals surface area contributed by atoms with Crippen LogP contribution in [0.15, 0.2) is 60.3 Å². The number of aromatic nitrogens is 1. The van der Waals surface area contributed by atoms with Crippen molar-refractivity contribution < 1.29 is 9.53 Å². The first-order valence-corrected chi connectivity index (χ1v) is 8.11. The molecule has 0 aliphatic carbocycles. The average molecular weight is 316 g/mol. The summed E-state index contributed by atoms with van der Waals surface area (Å²) in [5.74, 6) is -0.201. The summed E-state index contributed by atoms with van der Waals surface area (Å²) in [4.78, 5) is 15.6. The molecular formula is C20H16N2O2. The van der Waals surface area contributed by atoms with Crippen molar-refractivity contribution in [1.29, 1.82) is 0 Å². The summed E-state index contributed by atoms with van der Waals surface area (Å²) >= 11 is 0. The number of H-pyrrole nitrogens is 1. The number of esters is 1. The minimum absolute atomic E-state index is 0.00380. The number of benzene rings is 2. The zero-order valence-corrected chi connectivity index (χ0v) is 13.0. The van der Waals surface area contributed by atoms with Crippen LogP contribution in [-0.2, 0) is 9.53 Å². The molecule has 2 aromatic carbocycles. The van der Waals surface area contributed by atoms with Gasteiger partial charge in [0, 0.05) is 39.8 Å². The van der Waals surface area contributed by atoms with Gasteiger partial charge in [-0.25, -0.2) is 4.79 Å². The number of ether oxygens (including phenoxy) is 1. The highest BCUT2D eigenvalue weighted by molar-refractivity contribution is 5.98. The number of rotatable bonds is 1. The smallest absolute Gasteiger partial charge is 0.334 e. The van der Waals surface area contributed by atoms with E-state index >= 15 is 0 Å². The Morgan fingerprint density at radius 1 is 1.04 bits per heavy atom. The molecule has 0 radical (unpaired) electrons. The molecule has 1 aromatic heterocycles. The van der Waals surface area contributed by atoms with Crippen LogP contribution < -0.4 is 5.32 Å². The molecule has 4 heteroatoms. The van der Waals surface area contributed by atoms with E-state index in [1.54, 1.807) is 0 Å². The van der Waals surface area contributed by atoms with E-state index in [-0.39, 0.29) is 17.9 Å². The highest BCUT2D eigenvalue weighted by Crippen LogP contribution is 2.42. The van der Waals surface area contributed by atoms with Crippen molar-refractivity contribution in [2.24, 2.45) is 5.92 Å². The SMILES string of the molecule is O=C1OCC2C1=Cc1ccccc1NC2c1c[nH]c2ccccc12. The number of cyclic esters (lactones) is 1. The number of carbonyl (C=O) groups excluding carboxylic acids is 1. The fourth-order valence-corrected chi connectivity index (χ4v) is 3.77. The maximum Gasteiger partial charge on any atom is 0.334 e. The van der Waals surface area contributed by atoms with Crippen molar-refractivity contribution in [1.82, 2.24) is 4.98 Å². The molecule has 2 aliphatic rings. The van der Waals surface area contributed by atoms with E-state index in [1.165, 1.54) is 5.39 Å². The molecule has 0 spiro atoms. The molecule has 1 fully saturated rings. The van der Waals surface area contributed by atoms with Crippen molar-refractivity contribution in [3.05, 3.63) is 71.4 Å². The lowest BCUT2D eigenvalue weighted by Gasteiger charge is -2.23. The molecule has 24 heavy (non-hydrogen) atoms. The third kappa shape index (κ3) is 1.89. The van der Waals surface area contributed by atoms with Gasteiger partial charge in [-0.15, -0.1) is 0 Å². The van der Waals surface area contributed by atoms with E-state index < -0.39 is 0 Å². The second kappa shape index (κ2) is 4.99. The summed E-state index contributed by atoms with van der Waals surface area (Å²) in [7, 11) is 0. The highest BCUT2D eigenvalue weighted by atomic mass is 16.5. The van der Waals surface area contributed by atoms with Gasteiger partial charge >= 0.3 is 5.97 Å². The predicted octanol–water partition coefficient (Wildman–Crippen LogP) is 3.89. The van der Waals surface area contributed by atoms with Crippen molar-refractivity contribution in [3.63, 3.8) is 0 Å². The zero-order chi connectivity index (χ0) is 16.1. The first-order chi connectivity index (χ1) is 11.8. The molecule has 118 valence electrons. The third-order valence-electron chi connectivity index (χ3n) is 4.97. The standard InChI is InChI=1S/C20H16N2O2/c23-20-14-9-12-5-1-3-7-17(12)22-19(16(14)11-24-20)15-10-21-18-8-4-2-6-13(15)18/h1-10,16,19,21-22H,11H2. The van der Waals surface area contributed by atoms with Gasteiger partial charge in [-0.1, -0.05) is 36.4 Å². The summed E-state index contributed by atoms with van der Waals surface area (Å²) in [6.45, 7) is 0.413. The summed E-state index contributed by atoms with van der Waals surface area (Å²) < 4.78 is 5.35. The molecule has 2 N–H and O–H groups in total. The van der Waals surface area contributed by atoms with E-state index in [1.807, 2.05) is 42.6 Å². The molecule has 3 heterocycles. The van der Waals surface area contributed by atoms with Crippen molar-refractivity contribution in [2.45, 2.75) is 6.04 Å². The van der Waals surface area contributed by atoms with E-state index in [0.29, 0.717) is 6.61 Å².